The lowest BCUT2D eigenvalue weighted by atomic mass is 9.96. The van der Waals surface area contributed by atoms with E-state index in [4.69, 9.17) is 5.10 Å². The van der Waals surface area contributed by atoms with Gasteiger partial charge in [0, 0.05) is 18.8 Å². The first kappa shape index (κ1) is 12.4. The van der Waals surface area contributed by atoms with Gasteiger partial charge in [-0.1, -0.05) is 23.8 Å². The molecule has 1 aliphatic rings. The molecule has 2 heterocycles. The standard InChI is InChI=1S/C16H21N3/c1-11-6-7-12(2)13(9-11)14-10-19(3)18-16(14)15-5-4-8-17-15/h6-7,9-10,15,17H,4-5,8H2,1-3H3. The average molecular weight is 255 g/mol. The minimum absolute atomic E-state index is 0.413. The average Bonchev–Trinajstić information content (AvgIpc) is 3.00. The molecule has 1 aromatic carbocycles. The monoisotopic (exact) mass is 255 g/mol. The molecule has 0 saturated carbocycles. The number of benzene rings is 1. The molecule has 0 bridgehead atoms. The summed E-state index contributed by atoms with van der Waals surface area (Å²) in [5.74, 6) is 0. The van der Waals surface area contributed by atoms with E-state index in [0.717, 1.165) is 6.54 Å². The van der Waals surface area contributed by atoms with Gasteiger partial charge in [-0.3, -0.25) is 4.68 Å². The zero-order valence-corrected chi connectivity index (χ0v) is 11.9. The van der Waals surface area contributed by atoms with Crippen molar-refractivity contribution < 1.29 is 0 Å². The fourth-order valence-corrected chi connectivity index (χ4v) is 2.91. The Kier molecular flexibility index (Phi) is 3.15. The zero-order chi connectivity index (χ0) is 13.4. The van der Waals surface area contributed by atoms with Crippen molar-refractivity contribution in [3.8, 4) is 11.1 Å². The molecule has 1 aliphatic heterocycles. The van der Waals surface area contributed by atoms with E-state index < -0.39 is 0 Å². The summed E-state index contributed by atoms with van der Waals surface area (Å²) in [7, 11) is 2.01. The number of aromatic nitrogens is 2. The molecule has 1 aromatic heterocycles. The topological polar surface area (TPSA) is 29.9 Å². The highest BCUT2D eigenvalue weighted by atomic mass is 15.3. The van der Waals surface area contributed by atoms with Gasteiger partial charge >= 0.3 is 0 Å². The van der Waals surface area contributed by atoms with Gasteiger partial charge in [-0.25, -0.2) is 0 Å². The Balaban J connectivity index is 2.11. The van der Waals surface area contributed by atoms with Crippen molar-refractivity contribution in [1.29, 1.82) is 0 Å². The zero-order valence-electron chi connectivity index (χ0n) is 11.9. The predicted molar refractivity (Wildman–Crippen MR) is 78.1 cm³/mol. The van der Waals surface area contributed by atoms with Crippen LogP contribution in [0.2, 0.25) is 0 Å². The highest BCUT2D eigenvalue weighted by Gasteiger charge is 2.23. The second-order valence-corrected chi connectivity index (χ2v) is 5.57. The summed E-state index contributed by atoms with van der Waals surface area (Å²) in [4.78, 5) is 0. The van der Waals surface area contributed by atoms with E-state index >= 15 is 0 Å². The van der Waals surface area contributed by atoms with Crippen molar-refractivity contribution in [2.24, 2.45) is 7.05 Å². The molecule has 1 saturated heterocycles. The van der Waals surface area contributed by atoms with Crippen LogP contribution in [0.25, 0.3) is 11.1 Å². The molecule has 1 atom stereocenters. The van der Waals surface area contributed by atoms with Crippen LogP contribution in [0.1, 0.15) is 35.7 Å². The van der Waals surface area contributed by atoms with E-state index in [-0.39, 0.29) is 0 Å². The minimum Gasteiger partial charge on any atom is -0.309 e. The predicted octanol–water partition coefficient (Wildman–Crippen LogP) is 3.13. The van der Waals surface area contributed by atoms with Gasteiger partial charge in [0.15, 0.2) is 0 Å². The van der Waals surface area contributed by atoms with Crippen molar-refractivity contribution in [3.63, 3.8) is 0 Å². The number of rotatable bonds is 2. The van der Waals surface area contributed by atoms with E-state index in [0.29, 0.717) is 6.04 Å². The number of hydrogen-bond donors (Lipinski definition) is 1. The lowest BCUT2D eigenvalue weighted by molar-refractivity contribution is 0.607. The van der Waals surface area contributed by atoms with E-state index in [2.05, 4.69) is 43.6 Å². The Bertz CT molecular complexity index is 592. The maximum Gasteiger partial charge on any atom is 0.0872 e. The summed E-state index contributed by atoms with van der Waals surface area (Å²) >= 11 is 0. The lowest BCUT2D eigenvalue weighted by Gasteiger charge is -2.12. The van der Waals surface area contributed by atoms with Gasteiger partial charge in [-0.2, -0.15) is 5.10 Å². The van der Waals surface area contributed by atoms with Crippen LogP contribution in [0, 0.1) is 13.8 Å². The van der Waals surface area contributed by atoms with Crippen molar-refractivity contribution in [3.05, 3.63) is 41.2 Å². The summed E-state index contributed by atoms with van der Waals surface area (Å²) in [5.41, 5.74) is 6.42. The van der Waals surface area contributed by atoms with E-state index in [1.54, 1.807) is 0 Å². The van der Waals surface area contributed by atoms with Crippen molar-refractivity contribution >= 4 is 0 Å². The normalized spacial score (nSPS) is 19.0. The van der Waals surface area contributed by atoms with Crippen molar-refractivity contribution in [1.82, 2.24) is 15.1 Å². The molecule has 3 nitrogen and oxygen atoms in total. The van der Waals surface area contributed by atoms with Crippen LogP contribution in [0.4, 0.5) is 0 Å². The summed E-state index contributed by atoms with van der Waals surface area (Å²) in [6.45, 7) is 5.42. The molecule has 0 aliphatic carbocycles. The van der Waals surface area contributed by atoms with Crippen molar-refractivity contribution in [2.45, 2.75) is 32.7 Å². The number of hydrogen-bond acceptors (Lipinski definition) is 2. The first-order chi connectivity index (χ1) is 9.15. The second-order valence-electron chi connectivity index (χ2n) is 5.57. The quantitative estimate of drug-likeness (QED) is 0.893. The SMILES string of the molecule is Cc1ccc(C)c(-c2cn(C)nc2C2CCCN2)c1. The van der Waals surface area contributed by atoms with Crippen LogP contribution in [0.3, 0.4) is 0 Å². The largest absolute Gasteiger partial charge is 0.309 e. The molecule has 0 spiro atoms. The molecular weight excluding hydrogens is 234 g/mol. The molecular formula is C16H21N3. The van der Waals surface area contributed by atoms with E-state index in [1.807, 2.05) is 11.7 Å². The highest BCUT2D eigenvalue weighted by Crippen LogP contribution is 2.33. The molecule has 100 valence electrons. The van der Waals surface area contributed by atoms with Gasteiger partial charge in [-0.05, 0) is 44.4 Å². The molecule has 1 N–H and O–H groups in total. The fourth-order valence-electron chi connectivity index (χ4n) is 2.91. The summed E-state index contributed by atoms with van der Waals surface area (Å²) < 4.78 is 1.94. The third kappa shape index (κ3) is 2.30. The van der Waals surface area contributed by atoms with Gasteiger partial charge in [0.1, 0.15) is 0 Å². The van der Waals surface area contributed by atoms with E-state index in [9.17, 15) is 0 Å². The number of aryl methyl sites for hydroxylation is 3. The Morgan fingerprint density at radius 3 is 2.84 bits per heavy atom. The smallest absolute Gasteiger partial charge is 0.0872 e. The molecule has 1 unspecified atom stereocenters. The number of nitrogens with zero attached hydrogens (tertiary/aromatic N) is 2. The van der Waals surface area contributed by atoms with Gasteiger partial charge < -0.3 is 5.32 Å². The summed E-state index contributed by atoms with van der Waals surface area (Å²) in [6.07, 6.45) is 4.58. The molecule has 19 heavy (non-hydrogen) atoms. The first-order valence-electron chi connectivity index (χ1n) is 6.99. The third-order valence-corrected chi connectivity index (χ3v) is 3.93. The van der Waals surface area contributed by atoms with Crippen LogP contribution >= 0.6 is 0 Å². The maximum absolute atomic E-state index is 4.69. The van der Waals surface area contributed by atoms with Crippen LogP contribution in [0.5, 0.6) is 0 Å². The van der Waals surface area contributed by atoms with Crippen LogP contribution in [-0.4, -0.2) is 16.3 Å². The van der Waals surface area contributed by atoms with Crippen LogP contribution in [-0.2, 0) is 7.05 Å². The maximum atomic E-state index is 4.69. The van der Waals surface area contributed by atoms with Gasteiger partial charge in [0.2, 0.25) is 0 Å². The minimum atomic E-state index is 0.413. The molecule has 2 aromatic rings. The lowest BCUT2D eigenvalue weighted by Crippen LogP contribution is -2.14. The van der Waals surface area contributed by atoms with Gasteiger partial charge in [0.25, 0.3) is 0 Å². The molecule has 0 amide bonds. The van der Waals surface area contributed by atoms with Gasteiger partial charge in [-0.15, -0.1) is 0 Å². The van der Waals surface area contributed by atoms with Crippen molar-refractivity contribution in [2.75, 3.05) is 6.54 Å². The van der Waals surface area contributed by atoms with Crippen LogP contribution < -0.4 is 5.32 Å². The summed E-state index contributed by atoms with van der Waals surface area (Å²) in [6, 6.07) is 7.05. The Morgan fingerprint density at radius 2 is 2.11 bits per heavy atom. The second kappa shape index (κ2) is 4.82. The van der Waals surface area contributed by atoms with Crippen LogP contribution in [0.15, 0.2) is 24.4 Å². The molecule has 1 fully saturated rings. The highest BCUT2D eigenvalue weighted by molar-refractivity contribution is 5.70. The molecule has 0 radical (unpaired) electrons. The fraction of sp³-hybridized carbons (Fsp3) is 0.438. The third-order valence-electron chi connectivity index (χ3n) is 3.93. The Morgan fingerprint density at radius 1 is 1.26 bits per heavy atom. The Labute approximate surface area is 114 Å². The summed E-state index contributed by atoms with van der Waals surface area (Å²) in [5, 5.41) is 8.25. The number of nitrogens with one attached hydrogen (secondary N) is 1. The molecule has 3 rings (SSSR count). The van der Waals surface area contributed by atoms with Gasteiger partial charge in [0.05, 0.1) is 11.7 Å². The first-order valence-corrected chi connectivity index (χ1v) is 6.99. The Hall–Kier alpha value is -1.61. The van der Waals surface area contributed by atoms with E-state index in [1.165, 1.54) is 40.8 Å². The molecule has 3 heteroatoms.